The van der Waals surface area contributed by atoms with Crippen LogP contribution in [-0.4, -0.2) is 52.5 Å². The van der Waals surface area contributed by atoms with Crippen molar-refractivity contribution in [1.82, 2.24) is 0 Å². The summed E-state index contributed by atoms with van der Waals surface area (Å²) in [5.74, 6) is 0.0274. The lowest BCUT2D eigenvalue weighted by molar-refractivity contribution is -0.200. The summed E-state index contributed by atoms with van der Waals surface area (Å²) in [5.41, 5.74) is -1.05. The molecular formula is C25H34O6. The number of fused-ring (bicyclic) bond motifs is 7. The molecule has 0 bridgehead atoms. The quantitative estimate of drug-likeness (QED) is 0.712. The van der Waals surface area contributed by atoms with Crippen molar-refractivity contribution in [2.45, 2.75) is 83.4 Å². The van der Waals surface area contributed by atoms with Crippen molar-refractivity contribution >= 4 is 11.6 Å². The minimum atomic E-state index is -1.20. The van der Waals surface area contributed by atoms with E-state index >= 15 is 0 Å². The summed E-state index contributed by atoms with van der Waals surface area (Å²) in [6.45, 7) is 5.67. The second kappa shape index (κ2) is 7.08. The second-order valence-electron chi connectivity index (χ2n) is 10.7. The van der Waals surface area contributed by atoms with Crippen LogP contribution in [0.25, 0.3) is 0 Å². The Labute approximate surface area is 183 Å². The molecule has 4 unspecified atom stereocenters. The van der Waals surface area contributed by atoms with Crippen molar-refractivity contribution in [3.8, 4) is 0 Å². The molecule has 5 aliphatic rings. The molecule has 0 aromatic heterocycles. The van der Waals surface area contributed by atoms with Gasteiger partial charge in [0.15, 0.2) is 23.5 Å². The van der Waals surface area contributed by atoms with E-state index in [9.17, 15) is 19.8 Å². The number of hydrogen-bond donors (Lipinski definition) is 2. The van der Waals surface area contributed by atoms with E-state index in [1.54, 1.807) is 12.2 Å². The van der Waals surface area contributed by atoms with E-state index in [-0.39, 0.29) is 34.7 Å². The first-order valence-electron chi connectivity index (χ1n) is 11.8. The van der Waals surface area contributed by atoms with Gasteiger partial charge in [0.05, 0.1) is 12.2 Å². The highest BCUT2D eigenvalue weighted by Crippen LogP contribution is 2.69. The minimum absolute atomic E-state index is 0.0125. The van der Waals surface area contributed by atoms with Crippen LogP contribution in [-0.2, 0) is 19.1 Å². The van der Waals surface area contributed by atoms with Crippen LogP contribution in [0.4, 0.5) is 0 Å². The summed E-state index contributed by atoms with van der Waals surface area (Å²) < 4.78 is 12.7. The number of allylic oxidation sites excluding steroid dienone is 4. The van der Waals surface area contributed by atoms with E-state index in [0.29, 0.717) is 19.3 Å². The molecule has 0 amide bonds. The van der Waals surface area contributed by atoms with Gasteiger partial charge in [0.1, 0.15) is 6.61 Å². The Balaban J connectivity index is 1.55. The Kier molecular flexibility index (Phi) is 4.91. The number of hydrogen-bond acceptors (Lipinski definition) is 6. The van der Waals surface area contributed by atoms with Crippen LogP contribution in [0.15, 0.2) is 23.8 Å². The van der Waals surface area contributed by atoms with Gasteiger partial charge < -0.3 is 19.7 Å². The summed E-state index contributed by atoms with van der Waals surface area (Å²) in [7, 11) is 0. The lowest BCUT2D eigenvalue weighted by Crippen LogP contribution is -2.63. The number of ketones is 2. The average Bonchev–Trinajstić information content (AvgIpc) is 3.20. The predicted octanol–water partition coefficient (Wildman–Crippen LogP) is 2.72. The van der Waals surface area contributed by atoms with Crippen molar-refractivity contribution in [2.24, 2.45) is 28.6 Å². The van der Waals surface area contributed by atoms with Crippen LogP contribution >= 0.6 is 0 Å². The molecular weight excluding hydrogens is 396 g/mol. The molecule has 4 aliphatic carbocycles. The van der Waals surface area contributed by atoms with Crippen molar-refractivity contribution in [2.75, 3.05) is 6.61 Å². The van der Waals surface area contributed by atoms with Gasteiger partial charge in [-0.15, -0.1) is 0 Å². The molecule has 170 valence electrons. The van der Waals surface area contributed by atoms with E-state index in [1.807, 2.05) is 6.08 Å². The Morgan fingerprint density at radius 1 is 1.32 bits per heavy atom. The fourth-order valence-corrected chi connectivity index (χ4v) is 8.12. The topological polar surface area (TPSA) is 93.1 Å². The Hall–Kier alpha value is -1.34. The van der Waals surface area contributed by atoms with Crippen molar-refractivity contribution < 1.29 is 29.3 Å². The Bertz CT molecular complexity index is 862. The second-order valence-corrected chi connectivity index (χ2v) is 10.7. The first kappa shape index (κ1) is 21.5. The number of carbonyl (C=O) groups is 2. The van der Waals surface area contributed by atoms with E-state index < -0.39 is 36.1 Å². The zero-order valence-electron chi connectivity index (χ0n) is 18.7. The van der Waals surface area contributed by atoms with Crippen LogP contribution in [0.3, 0.4) is 0 Å². The van der Waals surface area contributed by atoms with E-state index in [2.05, 4.69) is 20.8 Å². The van der Waals surface area contributed by atoms with Crippen molar-refractivity contribution in [3.05, 3.63) is 23.8 Å². The summed E-state index contributed by atoms with van der Waals surface area (Å²) in [4.78, 5) is 25.2. The average molecular weight is 431 g/mol. The SMILES string of the molecule is CCCC1O[C@@H]2CC3C4CCC5=CC(=O)C=C[C@]5(C)C4[C@@H](O)C[C@]3(C)[C@@]2(C(=O)CO)O1. The van der Waals surface area contributed by atoms with Gasteiger partial charge in [-0.25, -0.2) is 0 Å². The molecule has 1 heterocycles. The maximum Gasteiger partial charge on any atom is 0.193 e. The lowest BCUT2D eigenvalue weighted by atomic mass is 9.46. The van der Waals surface area contributed by atoms with E-state index in [4.69, 9.17) is 9.47 Å². The zero-order valence-corrected chi connectivity index (χ0v) is 18.7. The molecule has 0 aromatic rings. The Morgan fingerprint density at radius 2 is 2.10 bits per heavy atom. The third-order valence-electron chi connectivity index (χ3n) is 9.37. The van der Waals surface area contributed by atoms with Crippen molar-refractivity contribution in [3.63, 3.8) is 0 Å². The fraction of sp³-hybridized carbons (Fsp3) is 0.760. The van der Waals surface area contributed by atoms with Crippen molar-refractivity contribution in [1.29, 1.82) is 0 Å². The molecule has 31 heavy (non-hydrogen) atoms. The Morgan fingerprint density at radius 3 is 2.81 bits per heavy atom. The van der Waals surface area contributed by atoms with Crippen LogP contribution in [0.5, 0.6) is 0 Å². The van der Waals surface area contributed by atoms with Gasteiger partial charge in [-0.3, -0.25) is 9.59 Å². The summed E-state index contributed by atoms with van der Waals surface area (Å²) in [5, 5.41) is 21.4. The van der Waals surface area contributed by atoms with Gasteiger partial charge in [-0.2, -0.15) is 0 Å². The smallest absolute Gasteiger partial charge is 0.193 e. The highest BCUT2D eigenvalue weighted by atomic mass is 16.7. The van der Waals surface area contributed by atoms with Crippen LogP contribution in [0.1, 0.15) is 59.3 Å². The number of Topliss-reactive ketones (excluding diaryl/α,β-unsaturated/α-hetero) is 1. The monoisotopic (exact) mass is 430 g/mol. The van der Waals surface area contributed by atoms with Gasteiger partial charge >= 0.3 is 0 Å². The lowest BCUT2D eigenvalue weighted by Gasteiger charge is -2.59. The maximum absolute atomic E-state index is 13.2. The third-order valence-corrected chi connectivity index (χ3v) is 9.37. The molecule has 6 nitrogen and oxygen atoms in total. The van der Waals surface area contributed by atoms with Gasteiger partial charge in [-0.05, 0) is 56.1 Å². The maximum atomic E-state index is 13.2. The molecule has 9 atom stereocenters. The number of rotatable bonds is 4. The fourth-order valence-electron chi connectivity index (χ4n) is 8.12. The minimum Gasteiger partial charge on any atom is -0.393 e. The van der Waals surface area contributed by atoms with E-state index in [1.165, 1.54) is 0 Å². The molecule has 2 N–H and O–H groups in total. The predicted molar refractivity (Wildman–Crippen MR) is 113 cm³/mol. The van der Waals surface area contributed by atoms with Gasteiger partial charge in [-0.1, -0.05) is 38.8 Å². The van der Waals surface area contributed by atoms with Crippen LogP contribution in [0, 0.1) is 28.6 Å². The summed E-state index contributed by atoms with van der Waals surface area (Å²) >= 11 is 0. The molecule has 0 spiro atoms. The van der Waals surface area contributed by atoms with Gasteiger partial charge in [0.25, 0.3) is 0 Å². The molecule has 0 radical (unpaired) electrons. The zero-order chi connectivity index (χ0) is 22.2. The number of aliphatic hydroxyl groups is 2. The van der Waals surface area contributed by atoms with Gasteiger partial charge in [0, 0.05) is 16.7 Å². The first-order chi connectivity index (χ1) is 14.7. The standard InChI is InChI=1S/C25H34O6/c1-4-5-21-30-20-11-17-16-7-6-14-10-15(27)8-9-23(14,2)22(16)18(28)12-24(17,3)25(20,31-21)19(29)13-26/h8-10,16-18,20-22,26,28H,4-7,11-13H2,1-3H3/t16?,17?,18-,20+,21?,22?,23-,24-,25-/m0/s1. The number of carbonyl (C=O) groups excluding carboxylic acids is 2. The normalized spacial score (nSPS) is 50.4. The molecule has 0 aromatic carbocycles. The van der Waals surface area contributed by atoms with E-state index in [0.717, 1.165) is 24.8 Å². The summed E-state index contributed by atoms with van der Waals surface area (Å²) in [6.07, 6.45) is 8.31. The molecule has 1 saturated heterocycles. The van der Waals surface area contributed by atoms with Crippen LogP contribution < -0.4 is 0 Å². The molecule has 6 heteroatoms. The van der Waals surface area contributed by atoms with Crippen LogP contribution in [0.2, 0.25) is 0 Å². The first-order valence-corrected chi connectivity index (χ1v) is 11.8. The summed E-state index contributed by atoms with van der Waals surface area (Å²) in [6, 6.07) is 0. The largest absolute Gasteiger partial charge is 0.393 e. The molecule has 1 aliphatic heterocycles. The highest BCUT2D eigenvalue weighted by molar-refractivity contribution is 6.01. The molecule has 3 saturated carbocycles. The highest BCUT2D eigenvalue weighted by Gasteiger charge is 2.75. The third kappa shape index (κ3) is 2.65. The number of aliphatic hydroxyl groups excluding tert-OH is 2. The van der Waals surface area contributed by atoms with Gasteiger partial charge in [0.2, 0.25) is 0 Å². The number of ether oxygens (including phenoxy) is 2. The molecule has 4 fully saturated rings. The molecule has 5 rings (SSSR count).